The SMILES string of the molecule is CCC(O)C(F)(F)Oc1ccc(-c2nccs2)c2oc(N3CC4CC(C3)N4)nc12. The Bertz CT molecular complexity index is 1010. The molecule has 3 fully saturated rings. The zero-order valence-corrected chi connectivity index (χ0v) is 16.5. The van der Waals surface area contributed by atoms with Crippen LogP contribution < -0.4 is 15.0 Å². The molecule has 6 rings (SSSR count). The largest absolute Gasteiger partial charge is 0.428 e. The summed E-state index contributed by atoms with van der Waals surface area (Å²) in [7, 11) is 0. The zero-order valence-electron chi connectivity index (χ0n) is 15.6. The summed E-state index contributed by atoms with van der Waals surface area (Å²) in [6.07, 6.45) is -3.00. The van der Waals surface area contributed by atoms with Gasteiger partial charge in [-0.25, -0.2) is 4.98 Å². The molecule has 0 amide bonds. The fourth-order valence-corrected chi connectivity index (χ4v) is 4.50. The quantitative estimate of drug-likeness (QED) is 0.631. The molecule has 2 aromatic heterocycles. The lowest BCUT2D eigenvalue weighted by atomic mass is 9.92. The number of hydrogen-bond acceptors (Lipinski definition) is 8. The third-order valence-corrected chi connectivity index (χ3v) is 6.18. The van der Waals surface area contributed by atoms with Gasteiger partial charge >= 0.3 is 6.11 Å². The second-order valence-corrected chi connectivity index (χ2v) is 8.31. The lowest BCUT2D eigenvalue weighted by Gasteiger charge is -2.47. The maximum absolute atomic E-state index is 14.3. The highest BCUT2D eigenvalue weighted by atomic mass is 32.1. The number of alkyl halides is 2. The molecule has 0 radical (unpaired) electrons. The first-order valence-corrected chi connectivity index (χ1v) is 10.4. The number of ether oxygens (including phenoxy) is 1. The van der Waals surface area contributed by atoms with Crippen molar-refractivity contribution >= 4 is 28.5 Å². The molecule has 7 nitrogen and oxygen atoms in total. The van der Waals surface area contributed by atoms with Gasteiger partial charge in [-0.2, -0.15) is 13.8 Å². The van der Waals surface area contributed by atoms with Gasteiger partial charge in [0.15, 0.2) is 23.0 Å². The molecule has 3 atom stereocenters. The number of fused-ring (bicyclic) bond motifs is 3. The van der Waals surface area contributed by atoms with Gasteiger partial charge in [-0.1, -0.05) is 6.92 Å². The van der Waals surface area contributed by atoms with Crippen LogP contribution in [0.4, 0.5) is 14.8 Å². The Hall–Kier alpha value is -2.30. The van der Waals surface area contributed by atoms with Crippen molar-refractivity contribution in [3.8, 4) is 16.3 Å². The summed E-state index contributed by atoms with van der Waals surface area (Å²) in [4.78, 5) is 10.8. The Labute approximate surface area is 169 Å². The Balaban J connectivity index is 1.58. The van der Waals surface area contributed by atoms with E-state index in [1.54, 1.807) is 12.3 Å². The normalized spacial score (nSPS) is 22.6. The van der Waals surface area contributed by atoms with Crippen LogP contribution in [0.1, 0.15) is 19.8 Å². The van der Waals surface area contributed by atoms with E-state index in [1.165, 1.54) is 24.3 Å². The number of hydrogen-bond donors (Lipinski definition) is 2. The highest BCUT2D eigenvalue weighted by Gasteiger charge is 2.42. The third-order valence-electron chi connectivity index (χ3n) is 5.37. The number of nitrogens with zero attached hydrogens (tertiary/aromatic N) is 3. The molecular weight excluding hydrogens is 402 g/mol. The summed E-state index contributed by atoms with van der Waals surface area (Å²) < 4.78 is 39.5. The first kappa shape index (κ1) is 18.7. The van der Waals surface area contributed by atoms with E-state index in [-0.39, 0.29) is 17.7 Å². The van der Waals surface area contributed by atoms with Crippen molar-refractivity contribution in [2.45, 2.75) is 44.1 Å². The van der Waals surface area contributed by atoms with Gasteiger partial charge in [-0.15, -0.1) is 11.3 Å². The van der Waals surface area contributed by atoms with Gasteiger partial charge in [-0.3, -0.25) is 0 Å². The second kappa shape index (κ2) is 6.89. The fourth-order valence-electron chi connectivity index (χ4n) is 3.84. The summed E-state index contributed by atoms with van der Waals surface area (Å²) in [6, 6.07) is 4.22. The molecule has 3 unspecified atom stereocenters. The van der Waals surface area contributed by atoms with E-state index in [4.69, 9.17) is 9.15 Å². The van der Waals surface area contributed by atoms with Crippen LogP contribution in [-0.2, 0) is 0 Å². The third kappa shape index (κ3) is 3.24. The predicted octanol–water partition coefficient (Wildman–Crippen LogP) is 3.24. The lowest BCUT2D eigenvalue weighted by molar-refractivity contribution is -0.239. The minimum Gasteiger partial charge on any atom is -0.428 e. The molecule has 2 bridgehead atoms. The number of piperidine rings is 1. The molecule has 3 aliphatic heterocycles. The van der Waals surface area contributed by atoms with E-state index in [1.807, 2.05) is 10.3 Å². The summed E-state index contributed by atoms with van der Waals surface area (Å²) >= 11 is 1.42. The van der Waals surface area contributed by atoms with Crippen LogP contribution in [0.2, 0.25) is 0 Å². The molecule has 29 heavy (non-hydrogen) atoms. The Morgan fingerprint density at radius 3 is 2.83 bits per heavy atom. The van der Waals surface area contributed by atoms with E-state index in [0.717, 1.165) is 19.5 Å². The Kier molecular flexibility index (Phi) is 4.45. The van der Waals surface area contributed by atoms with E-state index in [0.29, 0.717) is 34.3 Å². The molecule has 3 aromatic rings. The van der Waals surface area contributed by atoms with Crippen molar-refractivity contribution in [3.63, 3.8) is 0 Å². The average Bonchev–Trinajstić information content (AvgIpc) is 3.37. The number of aliphatic hydroxyl groups excluding tert-OH is 1. The number of aliphatic hydroxyl groups is 1. The summed E-state index contributed by atoms with van der Waals surface area (Å²) in [5.74, 6) is -0.131. The Morgan fingerprint density at radius 1 is 1.41 bits per heavy atom. The first-order chi connectivity index (χ1) is 13.9. The lowest BCUT2D eigenvalue weighted by Crippen LogP contribution is -2.67. The second-order valence-electron chi connectivity index (χ2n) is 7.41. The monoisotopic (exact) mass is 422 g/mol. The molecule has 0 spiro atoms. The van der Waals surface area contributed by atoms with Crippen molar-refractivity contribution in [2.75, 3.05) is 18.0 Å². The van der Waals surface area contributed by atoms with Gasteiger partial charge in [0.05, 0.1) is 5.56 Å². The van der Waals surface area contributed by atoms with Crippen LogP contribution >= 0.6 is 11.3 Å². The number of anilines is 1. The van der Waals surface area contributed by atoms with Crippen LogP contribution in [0.25, 0.3) is 21.7 Å². The number of oxazole rings is 1. The van der Waals surface area contributed by atoms with Crippen LogP contribution in [-0.4, -0.2) is 52.5 Å². The number of piperazine rings is 1. The Morgan fingerprint density at radius 2 is 2.17 bits per heavy atom. The topological polar surface area (TPSA) is 83.7 Å². The smallest absolute Gasteiger partial charge is 0.424 e. The van der Waals surface area contributed by atoms with Crippen molar-refractivity contribution < 1.29 is 23.0 Å². The molecular formula is C19H20F2N4O3S. The summed E-state index contributed by atoms with van der Waals surface area (Å²) in [6.45, 7) is 2.96. The highest BCUT2D eigenvalue weighted by Crippen LogP contribution is 2.40. The molecule has 1 aromatic carbocycles. The van der Waals surface area contributed by atoms with Crippen LogP contribution in [0.3, 0.4) is 0 Å². The zero-order chi connectivity index (χ0) is 20.2. The average molecular weight is 422 g/mol. The minimum absolute atomic E-state index is 0.131. The maximum Gasteiger partial charge on any atom is 0.424 e. The highest BCUT2D eigenvalue weighted by molar-refractivity contribution is 7.13. The first-order valence-electron chi connectivity index (χ1n) is 9.54. The number of rotatable bonds is 6. The number of halogens is 2. The van der Waals surface area contributed by atoms with Crippen LogP contribution in [0.15, 0.2) is 28.1 Å². The molecule has 3 aliphatic rings. The molecule has 5 heterocycles. The predicted molar refractivity (Wildman–Crippen MR) is 105 cm³/mol. The molecule has 10 heteroatoms. The number of nitrogens with one attached hydrogen (secondary N) is 1. The molecule has 0 saturated carbocycles. The van der Waals surface area contributed by atoms with E-state index in [2.05, 4.69) is 15.3 Å². The van der Waals surface area contributed by atoms with Gasteiger partial charge in [0.2, 0.25) is 0 Å². The van der Waals surface area contributed by atoms with Crippen molar-refractivity contribution in [1.29, 1.82) is 0 Å². The maximum atomic E-state index is 14.3. The van der Waals surface area contributed by atoms with Crippen molar-refractivity contribution in [1.82, 2.24) is 15.3 Å². The van der Waals surface area contributed by atoms with Gasteiger partial charge in [0.1, 0.15) is 5.01 Å². The number of benzene rings is 1. The van der Waals surface area contributed by atoms with Gasteiger partial charge < -0.3 is 24.5 Å². The van der Waals surface area contributed by atoms with E-state index < -0.39 is 12.2 Å². The number of aromatic nitrogens is 2. The van der Waals surface area contributed by atoms with Crippen LogP contribution in [0, 0.1) is 0 Å². The summed E-state index contributed by atoms with van der Waals surface area (Å²) in [5, 5.41) is 15.6. The van der Waals surface area contributed by atoms with Crippen molar-refractivity contribution in [3.05, 3.63) is 23.7 Å². The van der Waals surface area contributed by atoms with Gasteiger partial charge in [-0.05, 0) is 25.0 Å². The fraction of sp³-hybridized carbons (Fsp3) is 0.474. The standard InChI is InChI=1S/C19H20F2N4O3S/c1-2-14(26)19(20,21)28-13-4-3-12(17-22-5-6-29-17)16-15(13)24-18(27-16)25-8-10-7-11(9-25)23-10/h3-6,10-11,14,23,26H,2,7-9H2,1H3. The minimum atomic E-state index is -3.74. The number of thiazole rings is 1. The molecule has 2 N–H and O–H groups in total. The molecule has 3 saturated heterocycles. The summed E-state index contributed by atoms with van der Waals surface area (Å²) in [5.41, 5.74) is 1.21. The van der Waals surface area contributed by atoms with E-state index >= 15 is 0 Å². The molecule has 0 aliphatic carbocycles. The molecule has 154 valence electrons. The van der Waals surface area contributed by atoms with Gasteiger partial charge in [0, 0.05) is 36.8 Å². The van der Waals surface area contributed by atoms with Crippen LogP contribution in [0.5, 0.6) is 5.75 Å². The van der Waals surface area contributed by atoms with E-state index in [9.17, 15) is 13.9 Å². The van der Waals surface area contributed by atoms with Gasteiger partial charge in [0.25, 0.3) is 6.01 Å². The van der Waals surface area contributed by atoms with Crippen molar-refractivity contribution in [2.24, 2.45) is 0 Å².